The quantitative estimate of drug-likeness (QED) is 0.363. The number of hydrogen-bond donors (Lipinski definition) is 3. The van der Waals surface area contributed by atoms with Crippen LogP contribution in [0.3, 0.4) is 0 Å². The Hall–Kier alpha value is -4.05. The van der Waals surface area contributed by atoms with E-state index in [1.807, 2.05) is 24.3 Å². The predicted octanol–water partition coefficient (Wildman–Crippen LogP) is 3.10. The lowest BCUT2D eigenvalue weighted by Gasteiger charge is -2.10. The van der Waals surface area contributed by atoms with Crippen LogP contribution in [0.25, 0.3) is 11.4 Å². The summed E-state index contributed by atoms with van der Waals surface area (Å²) in [6, 6.07) is 14.0. The molecule has 4 aromatic rings. The molecule has 166 valence electrons. The van der Waals surface area contributed by atoms with Crippen LogP contribution in [0.1, 0.15) is 32.9 Å². The number of carbonyl (C=O) groups excluding carboxylic acids is 1. The van der Waals surface area contributed by atoms with E-state index in [9.17, 15) is 9.18 Å². The normalized spacial score (nSPS) is 10.6. The maximum Gasteiger partial charge on any atom is 0.270 e. The van der Waals surface area contributed by atoms with E-state index in [0.717, 1.165) is 16.7 Å². The van der Waals surface area contributed by atoms with Crippen molar-refractivity contribution in [3.05, 3.63) is 95.1 Å². The highest BCUT2D eigenvalue weighted by Crippen LogP contribution is 2.14. The number of hydrogen-bond acceptors (Lipinski definition) is 6. The molecule has 0 aliphatic carbocycles. The topological polar surface area (TPSA) is 108 Å². The third-order valence-corrected chi connectivity index (χ3v) is 5.26. The van der Waals surface area contributed by atoms with Crippen molar-refractivity contribution in [1.29, 1.82) is 0 Å². The number of rotatable bonds is 7. The summed E-state index contributed by atoms with van der Waals surface area (Å²) in [5.74, 6) is 0.0510. The van der Waals surface area contributed by atoms with E-state index in [0.29, 0.717) is 28.6 Å². The minimum atomic E-state index is -0.369. The van der Waals surface area contributed by atoms with Crippen molar-refractivity contribution < 1.29 is 9.18 Å². The molecule has 0 bridgehead atoms. The second-order valence-electron chi connectivity index (χ2n) is 7.27. The second kappa shape index (κ2) is 10.0. The molecule has 0 unspecified atom stereocenters. The Morgan fingerprint density at radius 2 is 1.67 bits per heavy atom. The molecule has 0 atom stereocenters. The van der Waals surface area contributed by atoms with Gasteiger partial charge in [0.25, 0.3) is 5.91 Å². The molecule has 0 radical (unpaired) electrons. The number of thiocarbonyl (C=S) groups is 1. The molecule has 2 aromatic carbocycles. The molecule has 0 spiro atoms. The molecule has 0 fully saturated rings. The largest absolute Gasteiger partial charge is 0.370 e. The fraction of sp³-hybridized carbons (Fsp3) is 0.130. The average molecular weight is 462 g/mol. The van der Waals surface area contributed by atoms with E-state index in [-0.39, 0.29) is 24.0 Å². The molecule has 0 aliphatic heterocycles. The van der Waals surface area contributed by atoms with Crippen LogP contribution in [-0.4, -0.2) is 36.0 Å². The molecule has 0 saturated heterocycles. The van der Waals surface area contributed by atoms with Gasteiger partial charge in [-0.05, 0) is 35.7 Å². The minimum absolute atomic E-state index is 0.194. The highest BCUT2D eigenvalue weighted by atomic mass is 32.1. The summed E-state index contributed by atoms with van der Waals surface area (Å²) in [4.78, 5) is 25.2. The lowest BCUT2D eigenvalue weighted by molar-refractivity contribution is 0.0945. The van der Waals surface area contributed by atoms with Gasteiger partial charge >= 0.3 is 0 Å². The van der Waals surface area contributed by atoms with Gasteiger partial charge in [-0.25, -0.2) is 19.3 Å². The van der Waals surface area contributed by atoms with Gasteiger partial charge in [-0.1, -0.05) is 48.6 Å². The standard InChI is InChI=1S/C23H20FN7OS/c1-14-8-16(4-7-18(14)24)11-25-22(32)19-9-20(28-12-27-19)23(33)26-10-15-2-5-17(6-3-15)21-29-13-30-31-21/h2-9,12-13H,10-11H2,1H3,(H,25,32)(H,26,33)(H,29,30,31). The Balaban J connectivity index is 1.34. The Morgan fingerprint density at radius 3 is 2.39 bits per heavy atom. The molecule has 3 N–H and O–H groups in total. The van der Waals surface area contributed by atoms with Gasteiger partial charge in [0.05, 0.1) is 0 Å². The van der Waals surface area contributed by atoms with Gasteiger partial charge in [-0.3, -0.25) is 9.89 Å². The monoisotopic (exact) mass is 461 g/mol. The molecule has 1 amide bonds. The molecule has 0 aliphatic rings. The second-order valence-corrected chi connectivity index (χ2v) is 7.68. The third kappa shape index (κ3) is 5.60. The molecule has 10 heteroatoms. The number of aryl methyl sites for hydroxylation is 1. The van der Waals surface area contributed by atoms with Crippen LogP contribution in [0.15, 0.2) is 61.2 Å². The van der Waals surface area contributed by atoms with E-state index in [2.05, 4.69) is 35.8 Å². The fourth-order valence-corrected chi connectivity index (χ4v) is 3.28. The first-order valence-corrected chi connectivity index (χ1v) is 10.5. The molecule has 0 saturated carbocycles. The zero-order valence-corrected chi connectivity index (χ0v) is 18.5. The van der Waals surface area contributed by atoms with Crippen molar-refractivity contribution in [3.63, 3.8) is 0 Å². The van der Waals surface area contributed by atoms with Crippen molar-refractivity contribution in [2.75, 3.05) is 0 Å². The van der Waals surface area contributed by atoms with Gasteiger partial charge in [0.1, 0.15) is 34.8 Å². The van der Waals surface area contributed by atoms with Crippen molar-refractivity contribution in [3.8, 4) is 11.4 Å². The number of H-pyrrole nitrogens is 1. The van der Waals surface area contributed by atoms with E-state index >= 15 is 0 Å². The molecule has 2 aromatic heterocycles. The molecule has 2 heterocycles. The van der Waals surface area contributed by atoms with Gasteiger partial charge in [-0.15, -0.1) is 0 Å². The summed E-state index contributed by atoms with van der Waals surface area (Å²) in [6.45, 7) is 2.42. The lowest BCUT2D eigenvalue weighted by atomic mass is 10.1. The van der Waals surface area contributed by atoms with E-state index in [1.165, 1.54) is 24.8 Å². The Labute approximate surface area is 194 Å². The molecule has 8 nitrogen and oxygen atoms in total. The van der Waals surface area contributed by atoms with Crippen molar-refractivity contribution >= 4 is 23.1 Å². The summed E-state index contributed by atoms with van der Waals surface area (Å²) in [6.07, 6.45) is 2.76. The molecule has 4 rings (SSSR count). The van der Waals surface area contributed by atoms with Crippen LogP contribution in [-0.2, 0) is 13.1 Å². The van der Waals surface area contributed by atoms with E-state index in [4.69, 9.17) is 12.2 Å². The maximum absolute atomic E-state index is 13.4. The van der Waals surface area contributed by atoms with Gasteiger partial charge in [0.2, 0.25) is 0 Å². The summed E-state index contributed by atoms with van der Waals surface area (Å²) in [7, 11) is 0. The maximum atomic E-state index is 13.4. The first kappa shape index (κ1) is 22.2. The number of halogens is 1. The van der Waals surface area contributed by atoms with Crippen molar-refractivity contribution in [2.45, 2.75) is 20.0 Å². The minimum Gasteiger partial charge on any atom is -0.370 e. The van der Waals surface area contributed by atoms with Gasteiger partial charge in [0.15, 0.2) is 5.82 Å². The SMILES string of the molecule is Cc1cc(CNC(=O)c2cc(C(=S)NCc3ccc(-c4ncn[nH]4)cc3)ncn2)ccc1F. The third-order valence-electron chi connectivity index (χ3n) is 4.90. The van der Waals surface area contributed by atoms with E-state index in [1.54, 1.807) is 19.1 Å². The Kier molecular flexibility index (Phi) is 6.75. The fourth-order valence-electron chi connectivity index (χ4n) is 3.09. The van der Waals surface area contributed by atoms with Gasteiger partial charge < -0.3 is 10.6 Å². The number of nitrogens with zero attached hydrogens (tertiary/aromatic N) is 4. The van der Waals surface area contributed by atoms with Crippen LogP contribution >= 0.6 is 12.2 Å². The first-order chi connectivity index (χ1) is 16.0. The number of benzene rings is 2. The number of aromatic nitrogens is 5. The number of amides is 1. The van der Waals surface area contributed by atoms with Crippen LogP contribution < -0.4 is 10.6 Å². The highest BCUT2D eigenvalue weighted by Gasteiger charge is 2.12. The zero-order valence-electron chi connectivity index (χ0n) is 17.7. The smallest absolute Gasteiger partial charge is 0.270 e. The predicted molar refractivity (Wildman–Crippen MR) is 125 cm³/mol. The average Bonchev–Trinajstić information content (AvgIpc) is 3.38. The molecular formula is C23H20FN7OS. The molecule has 33 heavy (non-hydrogen) atoms. The van der Waals surface area contributed by atoms with Crippen LogP contribution in [0.5, 0.6) is 0 Å². The first-order valence-electron chi connectivity index (χ1n) is 10.1. The zero-order chi connectivity index (χ0) is 23.2. The Bertz CT molecular complexity index is 1280. The Morgan fingerprint density at radius 1 is 0.939 bits per heavy atom. The molecular weight excluding hydrogens is 441 g/mol. The van der Waals surface area contributed by atoms with Crippen LogP contribution in [0.2, 0.25) is 0 Å². The van der Waals surface area contributed by atoms with Crippen molar-refractivity contribution in [1.82, 2.24) is 35.8 Å². The van der Waals surface area contributed by atoms with Gasteiger partial charge in [0, 0.05) is 18.7 Å². The lowest BCUT2D eigenvalue weighted by Crippen LogP contribution is -2.26. The van der Waals surface area contributed by atoms with Crippen LogP contribution in [0, 0.1) is 12.7 Å². The summed E-state index contributed by atoms with van der Waals surface area (Å²) < 4.78 is 13.4. The van der Waals surface area contributed by atoms with Gasteiger partial charge in [-0.2, -0.15) is 5.10 Å². The number of aromatic amines is 1. The highest BCUT2D eigenvalue weighted by molar-refractivity contribution is 7.80. The van der Waals surface area contributed by atoms with E-state index < -0.39 is 0 Å². The van der Waals surface area contributed by atoms with Crippen LogP contribution in [0.4, 0.5) is 4.39 Å². The summed E-state index contributed by atoms with van der Waals surface area (Å²) >= 11 is 5.43. The van der Waals surface area contributed by atoms with Crippen molar-refractivity contribution in [2.24, 2.45) is 0 Å². The number of carbonyl (C=O) groups is 1. The summed E-state index contributed by atoms with van der Waals surface area (Å²) in [5.41, 5.74) is 3.90. The number of nitrogens with one attached hydrogen (secondary N) is 3. The summed E-state index contributed by atoms with van der Waals surface area (Å²) in [5, 5.41) is 12.6.